The summed E-state index contributed by atoms with van der Waals surface area (Å²) in [4.78, 5) is 14.3. The molecule has 1 aromatic heterocycles. The zero-order valence-corrected chi connectivity index (χ0v) is 13.1. The van der Waals surface area contributed by atoms with Gasteiger partial charge >= 0.3 is 0 Å². The van der Waals surface area contributed by atoms with E-state index in [1.807, 2.05) is 12.3 Å². The molecule has 2 atom stereocenters. The number of aromatic nitrogens is 1. The molecule has 0 spiro atoms. The number of hydrogen-bond acceptors (Lipinski definition) is 3. The highest BCUT2D eigenvalue weighted by Gasteiger charge is 2.33. The molecule has 112 valence electrons. The molecule has 2 unspecified atom stereocenters. The van der Waals surface area contributed by atoms with Crippen LogP contribution in [0.5, 0.6) is 0 Å². The number of nitrogens with one attached hydrogen (secondary N) is 1. The van der Waals surface area contributed by atoms with E-state index in [4.69, 9.17) is 0 Å². The van der Waals surface area contributed by atoms with E-state index < -0.39 is 0 Å². The highest BCUT2D eigenvalue weighted by Crippen LogP contribution is 2.26. The average molecular weight is 277 g/mol. The molecular formula is C16H27N3O. The third-order valence-corrected chi connectivity index (χ3v) is 4.14. The predicted molar refractivity (Wildman–Crippen MR) is 83.0 cm³/mol. The van der Waals surface area contributed by atoms with Gasteiger partial charge in [-0.05, 0) is 18.4 Å². The summed E-state index contributed by atoms with van der Waals surface area (Å²) < 4.78 is 1.80. The highest BCUT2D eigenvalue weighted by atomic mass is 16.1. The van der Waals surface area contributed by atoms with Crippen LogP contribution in [0.25, 0.3) is 0 Å². The Kier molecular flexibility index (Phi) is 4.66. The Morgan fingerprint density at radius 1 is 1.30 bits per heavy atom. The first-order valence-corrected chi connectivity index (χ1v) is 7.51. The number of rotatable bonds is 3. The van der Waals surface area contributed by atoms with Crippen LogP contribution in [0.3, 0.4) is 0 Å². The van der Waals surface area contributed by atoms with E-state index in [-0.39, 0.29) is 11.0 Å². The maximum Gasteiger partial charge on any atom is 0.250 e. The second-order valence-corrected chi connectivity index (χ2v) is 6.92. The van der Waals surface area contributed by atoms with Crippen molar-refractivity contribution in [3.05, 3.63) is 34.7 Å². The summed E-state index contributed by atoms with van der Waals surface area (Å²) in [7, 11) is 0. The van der Waals surface area contributed by atoms with E-state index in [0.717, 1.165) is 26.2 Å². The van der Waals surface area contributed by atoms with Gasteiger partial charge in [-0.25, -0.2) is 0 Å². The summed E-state index contributed by atoms with van der Waals surface area (Å²) in [6, 6.07) is 6.37. The maximum absolute atomic E-state index is 11.8. The third-order valence-electron chi connectivity index (χ3n) is 4.14. The summed E-state index contributed by atoms with van der Waals surface area (Å²) >= 11 is 0. The van der Waals surface area contributed by atoms with Crippen molar-refractivity contribution in [1.29, 1.82) is 0 Å². The number of piperazine rings is 1. The molecule has 0 radical (unpaired) electrons. The largest absolute Gasteiger partial charge is 0.314 e. The molecule has 0 saturated carbocycles. The Bertz CT molecular complexity index is 489. The Morgan fingerprint density at radius 2 is 2.05 bits per heavy atom. The first-order valence-electron chi connectivity index (χ1n) is 7.51. The van der Waals surface area contributed by atoms with E-state index in [1.165, 1.54) is 0 Å². The lowest BCUT2D eigenvalue weighted by Gasteiger charge is -2.46. The molecule has 1 N–H and O–H groups in total. The lowest BCUT2D eigenvalue weighted by Crippen LogP contribution is -2.60. The average Bonchev–Trinajstić information content (AvgIpc) is 2.36. The van der Waals surface area contributed by atoms with Crippen LogP contribution in [0.15, 0.2) is 29.2 Å². The van der Waals surface area contributed by atoms with Crippen molar-refractivity contribution in [2.45, 2.75) is 46.3 Å². The zero-order valence-electron chi connectivity index (χ0n) is 13.1. The van der Waals surface area contributed by atoms with E-state index >= 15 is 0 Å². The quantitative estimate of drug-likeness (QED) is 0.911. The summed E-state index contributed by atoms with van der Waals surface area (Å²) in [6.45, 7) is 12.8. The molecule has 20 heavy (non-hydrogen) atoms. The zero-order chi connectivity index (χ0) is 14.8. The van der Waals surface area contributed by atoms with Crippen molar-refractivity contribution in [1.82, 2.24) is 14.8 Å². The lowest BCUT2D eigenvalue weighted by molar-refractivity contribution is 0.0560. The van der Waals surface area contributed by atoms with Gasteiger partial charge in [0, 0.05) is 50.5 Å². The summed E-state index contributed by atoms with van der Waals surface area (Å²) in [5.41, 5.74) is 0.331. The fraction of sp³-hybridized carbons (Fsp3) is 0.688. The van der Waals surface area contributed by atoms with Gasteiger partial charge in [-0.15, -0.1) is 0 Å². The van der Waals surface area contributed by atoms with Crippen molar-refractivity contribution >= 4 is 0 Å². The molecule has 1 aliphatic rings. The van der Waals surface area contributed by atoms with Crippen molar-refractivity contribution < 1.29 is 0 Å². The van der Waals surface area contributed by atoms with Crippen molar-refractivity contribution in [2.75, 3.05) is 19.6 Å². The first-order chi connectivity index (χ1) is 9.38. The molecule has 1 aromatic rings. The Labute approximate surface area is 121 Å². The smallest absolute Gasteiger partial charge is 0.250 e. The van der Waals surface area contributed by atoms with Gasteiger partial charge in [0.25, 0.3) is 5.56 Å². The molecule has 0 bridgehead atoms. The molecule has 0 amide bonds. The fourth-order valence-corrected chi connectivity index (χ4v) is 2.97. The lowest BCUT2D eigenvalue weighted by atomic mass is 9.84. The van der Waals surface area contributed by atoms with Gasteiger partial charge in [0.15, 0.2) is 0 Å². The molecule has 1 saturated heterocycles. The van der Waals surface area contributed by atoms with Gasteiger partial charge in [0.05, 0.1) is 0 Å². The van der Waals surface area contributed by atoms with E-state index in [1.54, 1.807) is 16.7 Å². The van der Waals surface area contributed by atoms with Crippen LogP contribution in [0, 0.1) is 5.41 Å². The molecular weight excluding hydrogens is 250 g/mol. The normalized spacial score (nSPS) is 24.8. The number of nitrogens with zero attached hydrogens (tertiary/aromatic N) is 2. The van der Waals surface area contributed by atoms with E-state index in [9.17, 15) is 4.79 Å². The second-order valence-electron chi connectivity index (χ2n) is 6.92. The van der Waals surface area contributed by atoms with Gasteiger partial charge in [-0.3, -0.25) is 9.69 Å². The molecule has 2 heterocycles. The molecule has 1 fully saturated rings. The Morgan fingerprint density at radius 3 is 2.70 bits per heavy atom. The summed E-state index contributed by atoms with van der Waals surface area (Å²) in [5.74, 6) is 0. The summed E-state index contributed by atoms with van der Waals surface area (Å²) in [5, 5.41) is 3.57. The van der Waals surface area contributed by atoms with Crippen molar-refractivity contribution in [3.63, 3.8) is 0 Å². The predicted octanol–water partition coefficient (Wildman–Crippen LogP) is 1.56. The topological polar surface area (TPSA) is 37.3 Å². The molecule has 4 nitrogen and oxygen atoms in total. The summed E-state index contributed by atoms with van der Waals surface area (Å²) in [6.07, 6.45) is 1.88. The van der Waals surface area contributed by atoms with Crippen LogP contribution >= 0.6 is 0 Å². The van der Waals surface area contributed by atoms with Crippen LogP contribution in [-0.4, -0.2) is 41.2 Å². The minimum atomic E-state index is 0.0861. The van der Waals surface area contributed by atoms with Crippen LogP contribution < -0.4 is 10.9 Å². The van der Waals surface area contributed by atoms with Crippen LogP contribution in [0.4, 0.5) is 0 Å². The van der Waals surface area contributed by atoms with Gasteiger partial charge in [-0.1, -0.05) is 26.8 Å². The van der Waals surface area contributed by atoms with Gasteiger partial charge in [0.1, 0.15) is 0 Å². The Hall–Kier alpha value is -1.13. The highest BCUT2D eigenvalue weighted by molar-refractivity contribution is 4.94. The standard InChI is InChI=1S/C16H27N3O/c1-13-12-19(14(11-17-13)16(2,3)4)10-9-18-8-6-5-7-15(18)20/h5-8,13-14,17H,9-12H2,1-4H3. The third kappa shape index (κ3) is 3.70. The monoisotopic (exact) mass is 277 g/mol. The molecule has 0 aromatic carbocycles. The van der Waals surface area contributed by atoms with Crippen LogP contribution in [-0.2, 0) is 6.54 Å². The Balaban J connectivity index is 2.05. The van der Waals surface area contributed by atoms with Crippen molar-refractivity contribution in [2.24, 2.45) is 5.41 Å². The molecule has 2 rings (SSSR count). The van der Waals surface area contributed by atoms with Gasteiger partial charge < -0.3 is 9.88 Å². The van der Waals surface area contributed by atoms with Crippen LogP contribution in [0.2, 0.25) is 0 Å². The maximum atomic E-state index is 11.8. The van der Waals surface area contributed by atoms with E-state index in [0.29, 0.717) is 12.1 Å². The molecule has 1 aliphatic heterocycles. The van der Waals surface area contributed by atoms with Crippen molar-refractivity contribution in [3.8, 4) is 0 Å². The second kappa shape index (κ2) is 6.10. The number of pyridine rings is 1. The first kappa shape index (κ1) is 15.3. The van der Waals surface area contributed by atoms with Gasteiger partial charge in [0.2, 0.25) is 0 Å². The molecule has 4 heteroatoms. The number of hydrogen-bond donors (Lipinski definition) is 1. The fourth-order valence-electron chi connectivity index (χ4n) is 2.97. The van der Waals surface area contributed by atoms with Gasteiger partial charge in [-0.2, -0.15) is 0 Å². The molecule has 0 aliphatic carbocycles. The minimum absolute atomic E-state index is 0.0861. The SMILES string of the molecule is CC1CN(CCn2ccccc2=O)C(C(C)(C)C)CN1. The minimum Gasteiger partial charge on any atom is -0.314 e. The van der Waals surface area contributed by atoms with Crippen LogP contribution in [0.1, 0.15) is 27.7 Å². The van der Waals surface area contributed by atoms with E-state index in [2.05, 4.69) is 37.9 Å².